The molecule has 0 spiro atoms. The van der Waals surface area contributed by atoms with Crippen molar-refractivity contribution >= 4 is 34.5 Å². The van der Waals surface area contributed by atoms with E-state index in [0.717, 1.165) is 17.7 Å². The molecule has 0 unspecified atom stereocenters. The molecule has 1 N–H and O–H groups in total. The van der Waals surface area contributed by atoms with Gasteiger partial charge in [-0.2, -0.15) is 13.2 Å². The average Bonchev–Trinajstić information content (AvgIpc) is 3.54. The molecule has 0 saturated heterocycles. The molecule has 11 heteroatoms. The Morgan fingerprint density at radius 3 is 2.68 bits per heavy atom. The van der Waals surface area contributed by atoms with Crippen LogP contribution in [0.15, 0.2) is 66.7 Å². The van der Waals surface area contributed by atoms with Crippen LogP contribution in [0.4, 0.5) is 24.8 Å². The van der Waals surface area contributed by atoms with Crippen LogP contribution in [-0.4, -0.2) is 28.2 Å². The largest absolute Gasteiger partial charge is 0.454 e. The van der Waals surface area contributed by atoms with E-state index < -0.39 is 23.7 Å². The summed E-state index contributed by atoms with van der Waals surface area (Å²) in [5.41, 5.74) is 1.24. The monoisotopic (exact) mass is 508 g/mol. The molecule has 188 valence electrons. The average molecular weight is 508 g/mol. The highest BCUT2D eigenvalue weighted by molar-refractivity contribution is 6.05. The lowest BCUT2D eigenvalue weighted by Gasteiger charge is -2.16. The number of aromatic nitrogens is 2. The number of carbonyl (C=O) groups is 2. The number of halogens is 3. The minimum Gasteiger partial charge on any atom is -0.454 e. The van der Waals surface area contributed by atoms with E-state index in [-0.39, 0.29) is 31.4 Å². The van der Waals surface area contributed by atoms with Crippen molar-refractivity contribution in [3.63, 3.8) is 0 Å². The molecule has 3 heterocycles. The molecule has 2 aliphatic heterocycles. The van der Waals surface area contributed by atoms with Gasteiger partial charge in [-0.05, 0) is 48.0 Å². The first-order valence-corrected chi connectivity index (χ1v) is 11.4. The number of fused-ring (bicyclic) bond motifs is 4. The van der Waals surface area contributed by atoms with Gasteiger partial charge in [-0.1, -0.05) is 24.3 Å². The number of benzene rings is 3. The Morgan fingerprint density at radius 1 is 1.03 bits per heavy atom. The van der Waals surface area contributed by atoms with Crippen LogP contribution in [0.2, 0.25) is 0 Å². The quantitative estimate of drug-likeness (QED) is 0.415. The van der Waals surface area contributed by atoms with Crippen molar-refractivity contribution in [3.05, 3.63) is 77.9 Å². The molecule has 0 fully saturated rings. The van der Waals surface area contributed by atoms with E-state index in [4.69, 9.17) is 9.47 Å². The van der Waals surface area contributed by atoms with Gasteiger partial charge in [0, 0.05) is 5.69 Å². The van der Waals surface area contributed by atoms with E-state index in [2.05, 4.69) is 10.3 Å². The first-order valence-electron chi connectivity index (χ1n) is 11.4. The summed E-state index contributed by atoms with van der Waals surface area (Å²) < 4.78 is 51.7. The molecule has 37 heavy (non-hydrogen) atoms. The second-order valence-corrected chi connectivity index (χ2v) is 8.73. The van der Waals surface area contributed by atoms with Gasteiger partial charge in [0.25, 0.3) is 5.91 Å². The van der Waals surface area contributed by atoms with Crippen LogP contribution in [0.25, 0.3) is 11.0 Å². The zero-order valence-electron chi connectivity index (χ0n) is 19.2. The van der Waals surface area contributed by atoms with Gasteiger partial charge in [-0.15, -0.1) is 0 Å². The van der Waals surface area contributed by atoms with Gasteiger partial charge in [-0.3, -0.25) is 19.1 Å². The number of ether oxygens (including phenoxy) is 2. The molecule has 0 saturated carbocycles. The van der Waals surface area contributed by atoms with E-state index in [1.54, 1.807) is 22.8 Å². The lowest BCUT2D eigenvalue weighted by atomic mass is 10.1. The van der Waals surface area contributed by atoms with Crippen molar-refractivity contribution in [1.29, 1.82) is 0 Å². The van der Waals surface area contributed by atoms with Crippen molar-refractivity contribution in [3.8, 4) is 11.5 Å². The van der Waals surface area contributed by atoms with Crippen LogP contribution >= 0.6 is 0 Å². The molecular weight excluding hydrogens is 489 g/mol. The third-order valence-corrected chi connectivity index (χ3v) is 6.31. The lowest BCUT2D eigenvalue weighted by Crippen LogP contribution is -2.31. The summed E-state index contributed by atoms with van der Waals surface area (Å²) in [6.45, 7) is 0.310. The lowest BCUT2D eigenvalue weighted by molar-refractivity contribution is -0.137. The van der Waals surface area contributed by atoms with Gasteiger partial charge in [0.15, 0.2) is 11.5 Å². The second kappa shape index (κ2) is 8.54. The van der Waals surface area contributed by atoms with Crippen molar-refractivity contribution in [1.82, 2.24) is 9.55 Å². The number of imidazole rings is 1. The van der Waals surface area contributed by atoms with Crippen molar-refractivity contribution in [2.45, 2.75) is 25.2 Å². The maximum Gasteiger partial charge on any atom is 0.416 e. The molecule has 4 aromatic rings. The van der Waals surface area contributed by atoms with Crippen LogP contribution < -0.4 is 19.7 Å². The van der Waals surface area contributed by atoms with E-state index in [1.165, 1.54) is 17.0 Å². The van der Waals surface area contributed by atoms with Crippen molar-refractivity contribution in [2.24, 2.45) is 0 Å². The molecule has 6 rings (SSSR count). The third kappa shape index (κ3) is 4.11. The third-order valence-electron chi connectivity index (χ3n) is 6.31. The molecule has 3 aromatic carbocycles. The van der Waals surface area contributed by atoms with Gasteiger partial charge >= 0.3 is 6.18 Å². The topological polar surface area (TPSA) is 85.7 Å². The smallest absolute Gasteiger partial charge is 0.416 e. The Hall–Kier alpha value is -4.54. The minimum atomic E-state index is -4.54. The molecular formula is C26H19F3N4O4. The Kier molecular flexibility index (Phi) is 5.28. The van der Waals surface area contributed by atoms with Crippen molar-refractivity contribution < 1.29 is 32.2 Å². The highest BCUT2D eigenvalue weighted by atomic mass is 19.4. The Balaban J connectivity index is 1.29. The molecule has 1 aromatic heterocycles. The maximum atomic E-state index is 13.6. The summed E-state index contributed by atoms with van der Waals surface area (Å²) in [6, 6.07) is 16.1. The van der Waals surface area contributed by atoms with E-state index in [1.807, 2.05) is 24.3 Å². The molecule has 2 amide bonds. The summed E-state index contributed by atoms with van der Waals surface area (Å²) in [6.07, 6.45) is -4.82. The molecule has 1 atom stereocenters. The Morgan fingerprint density at radius 2 is 1.84 bits per heavy atom. The van der Waals surface area contributed by atoms with Gasteiger partial charge in [0.1, 0.15) is 6.04 Å². The Bertz CT molecular complexity index is 1550. The standard InChI is InChI=1S/C26H19F3N4O4/c27-26(28,29)16-4-3-5-17(11-16)30-23(34)12-20-24(35)32(13-15-8-9-21-22(10-15)37-14-36-21)25-31-18-6-1-2-7-19(18)33(20)25/h1-11,20H,12-14H2,(H,30,34)/t20-/m1/s1. The van der Waals surface area contributed by atoms with Gasteiger partial charge in [0.05, 0.1) is 29.6 Å². The first kappa shape index (κ1) is 22.9. The molecule has 2 aliphatic rings. The SMILES string of the molecule is O=C(C[C@@H]1C(=O)N(Cc2ccc3c(c2)OCO3)c2nc3ccccc3n21)Nc1cccc(C(F)(F)F)c1. The number of hydrogen-bond acceptors (Lipinski definition) is 5. The predicted molar refractivity (Wildman–Crippen MR) is 127 cm³/mol. The summed E-state index contributed by atoms with van der Waals surface area (Å²) in [4.78, 5) is 32.6. The second-order valence-electron chi connectivity index (χ2n) is 8.73. The fraction of sp³-hybridized carbons (Fsp3) is 0.192. The number of para-hydroxylation sites is 2. The Labute approximate surface area is 208 Å². The van der Waals surface area contributed by atoms with Crippen molar-refractivity contribution in [2.75, 3.05) is 17.0 Å². The van der Waals surface area contributed by atoms with Crippen LogP contribution in [0.3, 0.4) is 0 Å². The van der Waals surface area contributed by atoms with Gasteiger partial charge in [0.2, 0.25) is 18.6 Å². The summed E-state index contributed by atoms with van der Waals surface area (Å²) in [7, 11) is 0. The normalized spacial score (nSPS) is 16.4. The van der Waals surface area contributed by atoms with E-state index in [9.17, 15) is 22.8 Å². The van der Waals surface area contributed by atoms with E-state index in [0.29, 0.717) is 28.5 Å². The number of amides is 2. The van der Waals surface area contributed by atoms with Crippen LogP contribution in [0, 0.1) is 0 Å². The van der Waals surface area contributed by atoms with Crippen LogP contribution in [0.5, 0.6) is 11.5 Å². The van der Waals surface area contributed by atoms with Gasteiger partial charge < -0.3 is 14.8 Å². The fourth-order valence-electron chi connectivity index (χ4n) is 4.63. The summed E-state index contributed by atoms with van der Waals surface area (Å²) >= 11 is 0. The molecule has 0 aliphatic carbocycles. The number of hydrogen-bond donors (Lipinski definition) is 1. The highest BCUT2D eigenvalue weighted by Gasteiger charge is 2.41. The number of carbonyl (C=O) groups excluding carboxylic acids is 2. The van der Waals surface area contributed by atoms with Gasteiger partial charge in [-0.25, -0.2) is 4.98 Å². The number of nitrogens with zero attached hydrogens (tertiary/aromatic N) is 3. The number of alkyl halides is 3. The summed E-state index contributed by atoms with van der Waals surface area (Å²) in [5.74, 6) is 0.653. The summed E-state index contributed by atoms with van der Waals surface area (Å²) in [5, 5.41) is 2.49. The number of nitrogens with one attached hydrogen (secondary N) is 1. The number of anilines is 2. The van der Waals surface area contributed by atoms with E-state index >= 15 is 0 Å². The molecule has 0 bridgehead atoms. The zero-order chi connectivity index (χ0) is 25.7. The van der Waals surface area contributed by atoms with Crippen LogP contribution in [0.1, 0.15) is 23.6 Å². The van der Waals surface area contributed by atoms with Crippen LogP contribution in [-0.2, 0) is 22.3 Å². The fourth-order valence-corrected chi connectivity index (χ4v) is 4.63. The molecule has 8 nitrogen and oxygen atoms in total. The first-order chi connectivity index (χ1) is 17.8. The predicted octanol–water partition coefficient (Wildman–Crippen LogP) is 4.90. The maximum absolute atomic E-state index is 13.6. The highest BCUT2D eigenvalue weighted by Crippen LogP contribution is 2.39. The molecule has 0 radical (unpaired) electrons. The number of rotatable bonds is 5. The zero-order valence-corrected chi connectivity index (χ0v) is 19.2. The minimum absolute atomic E-state index is 0.00167.